The lowest BCUT2D eigenvalue weighted by Crippen LogP contribution is -2.38. The zero-order chi connectivity index (χ0) is 12.8. The van der Waals surface area contributed by atoms with Crippen LogP contribution in [0.4, 0.5) is 4.79 Å². The van der Waals surface area contributed by atoms with Crippen molar-refractivity contribution in [2.24, 2.45) is 0 Å². The van der Waals surface area contributed by atoms with Gasteiger partial charge in [0, 0.05) is 0 Å². The molecule has 3 heteroatoms. The van der Waals surface area contributed by atoms with Gasteiger partial charge in [0.15, 0.2) is 0 Å². The molecule has 1 atom stereocenters. The molecule has 0 aliphatic carbocycles. The number of hydrogen-bond donors (Lipinski definition) is 1. The average molecular weight is 225 g/mol. The smallest absolute Gasteiger partial charge is 0.408 e. The van der Waals surface area contributed by atoms with Gasteiger partial charge in [0.1, 0.15) is 5.60 Å². The zero-order valence-electron chi connectivity index (χ0n) is 11.0. The van der Waals surface area contributed by atoms with Gasteiger partial charge in [-0.05, 0) is 39.7 Å². The summed E-state index contributed by atoms with van der Waals surface area (Å²) in [7, 11) is 0. The van der Waals surface area contributed by atoms with Crippen molar-refractivity contribution >= 4 is 6.09 Å². The van der Waals surface area contributed by atoms with E-state index in [0.717, 1.165) is 12.0 Å². The first-order valence-electron chi connectivity index (χ1n) is 5.61. The van der Waals surface area contributed by atoms with Crippen LogP contribution in [-0.2, 0) is 4.74 Å². The van der Waals surface area contributed by atoms with Crippen LogP contribution in [0.2, 0.25) is 0 Å². The monoisotopic (exact) mass is 225 g/mol. The lowest BCUT2D eigenvalue weighted by Gasteiger charge is -2.22. The second kappa shape index (κ2) is 6.36. The van der Waals surface area contributed by atoms with E-state index < -0.39 is 5.60 Å². The first kappa shape index (κ1) is 14.8. The summed E-state index contributed by atoms with van der Waals surface area (Å²) in [4.78, 5) is 11.5. The van der Waals surface area contributed by atoms with Crippen molar-refractivity contribution in [2.75, 3.05) is 0 Å². The van der Waals surface area contributed by atoms with Gasteiger partial charge >= 0.3 is 6.09 Å². The molecule has 0 rings (SSSR count). The van der Waals surface area contributed by atoms with Crippen LogP contribution in [0, 0.1) is 0 Å². The normalized spacial score (nSPS) is 14.2. The minimum atomic E-state index is -0.460. The third kappa shape index (κ3) is 6.27. The van der Waals surface area contributed by atoms with E-state index in [0.29, 0.717) is 0 Å². The number of carbonyl (C=O) groups is 1. The van der Waals surface area contributed by atoms with Gasteiger partial charge in [0.05, 0.1) is 6.04 Å². The van der Waals surface area contributed by atoms with E-state index in [1.165, 1.54) is 0 Å². The van der Waals surface area contributed by atoms with E-state index in [-0.39, 0.29) is 12.1 Å². The zero-order valence-corrected chi connectivity index (χ0v) is 11.0. The van der Waals surface area contributed by atoms with Crippen LogP contribution in [0.25, 0.3) is 0 Å². The summed E-state index contributed by atoms with van der Waals surface area (Å²) < 4.78 is 5.18. The summed E-state index contributed by atoms with van der Waals surface area (Å²) in [6, 6.07) is -0.0298. The molecule has 0 saturated carbocycles. The summed E-state index contributed by atoms with van der Waals surface area (Å²) in [5, 5.41) is 2.80. The third-order valence-electron chi connectivity index (χ3n) is 2.03. The lowest BCUT2D eigenvalue weighted by atomic mass is 10.1. The molecule has 0 aromatic carbocycles. The van der Waals surface area contributed by atoms with Gasteiger partial charge in [-0.2, -0.15) is 0 Å². The highest BCUT2D eigenvalue weighted by Crippen LogP contribution is 2.10. The number of hydrogen-bond acceptors (Lipinski definition) is 2. The van der Waals surface area contributed by atoms with Crippen LogP contribution in [0.1, 0.15) is 41.0 Å². The molecule has 16 heavy (non-hydrogen) atoms. The Morgan fingerprint density at radius 1 is 1.50 bits per heavy atom. The van der Waals surface area contributed by atoms with E-state index in [2.05, 4.69) is 11.9 Å². The van der Waals surface area contributed by atoms with Crippen molar-refractivity contribution < 1.29 is 9.53 Å². The SMILES string of the molecule is C=C/C=C(\CC)C(C)NC(=O)OC(C)(C)C. The molecule has 0 aliphatic rings. The number of alkyl carbamates (subject to hydrolysis) is 1. The Bertz CT molecular complexity index is 274. The molecule has 0 heterocycles. The molecule has 0 aromatic heterocycles. The highest BCUT2D eigenvalue weighted by Gasteiger charge is 2.18. The minimum Gasteiger partial charge on any atom is -0.444 e. The van der Waals surface area contributed by atoms with Gasteiger partial charge in [0.2, 0.25) is 0 Å². The van der Waals surface area contributed by atoms with E-state index in [9.17, 15) is 4.79 Å². The molecule has 3 nitrogen and oxygen atoms in total. The molecule has 0 aliphatic heterocycles. The van der Waals surface area contributed by atoms with Crippen molar-refractivity contribution in [1.29, 1.82) is 0 Å². The number of amides is 1. The maximum Gasteiger partial charge on any atom is 0.408 e. The Morgan fingerprint density at radius 3 is 2.44 bits per heavy atom. The number of allylic oxidation sites excluding steroid dienone is 2. The molecular weight excluding hydrogens is 202 g/mol. The summed E-state index contributed by atoms with van der Waals surface area (Å²) >= 11 is 0. The molecule has 0 aromatic rings. The van der Waals surface area contributed by atoms with Crippen molar-refractivity contribution in [1.82, 2.24) is 5.32 Å². The summed E-state index contributed by atoms with van der Waals surface area (Å²) in [6.07, 6.45) is 4.14. The first-order valence-corrected chi connectivity index (χ1v) is 5.61. The molecule has 0 bridgehead atoms. The Morgan fingerprint density at radius 2 is 2.06 bits per heavy atom. The first-order chi connectivity index (χ1) is 7.30. The van der Waals surface area contributed by atoms with Crippen LogP contribution in [0.3, 0.4) is 0 Å². The molecule has 92 valence electrons. The number of nitrogens with one attached hydrogen (secondary N) is 1. The Hall–Kier alpha value is -1.25. The van der Waals surface area contributed by atoms with Gasteiger partial charge in [-0.3, -0.25) is 0 Å². The summed E-state index contributed by atoms with van der Waals surface area (Å²) in [5.74, 6) is 0. The fourth-order valence-electron chi connectivity index (χ4n) is 1.30. The topological polar surface area (TPSA) is 38.3 Å². The molecule has 0 fully saturated rings. The molecule has 1 amide bonds. The second-order valence-corrected chi connectivity index (χ2v) is 4.70. The Balaban J connectivity index is 4.33. The van der Waals surface area contributed by atoms with Crippen LogP contribution in [-0.4, -0.2) is 17.7 Å². The highest BCUT2D eigenvalue weighted by molar-refractivity contribution is 5.68. The number of rotatable bonds is 4. The van der Waals surface area contributed by atoms with E-state index in [1.807, 2.05) is 40.7 Å². The average Bonchev–Trinajstić information content (AvgIpc) is 2.10. The van der Waals surface area contributed by atoms with Gasteiger partial charge in [-0.25, -0.2) is 4.79 Å². The van der Waals surface area contributed by atoms with Gasteiger partial charge in [-0.1, -0.05) is 25.7 Å². The van der Waals surface area contributed by atoms with Gasteiger partial charge in [-0.15, -0.1) is 0 Å². The second-order valence-electron chi connectivity index (χ2n) is 4.70. The van der Waals surface area contributed by atoms with Crippen LogP contribution >= 0.6 is 0 Å². The van der Waals surface area contributed by atoms with Crippen molar-refractivity contribution in [3.8, 4) is 0 Å². The van der Waals surface area contributed by atoms with Gasteiger partial charge < -0.3 is 10.1 Å². The fourth-order valence-corrected chi connectivity index (χ4v) is 1.30. The van der Waals surface area contributed by atoms with Crippen LogP contribution in [0.15, 0.2) is 24.3 Å². The molecule has 0 radical (unpaired) electrons. The van der Waals surface area contributed by atoms with Crippen LogP contribution in [0.5, 0.6) is 0 Å². The lowest BCUT2D eigenvalue weighted by molar-refractivity contribution is 0.0515. The predicted octanol–water partition coefficient (Wildman–Crippen LogP) is 3.42. The molecule has 0 saturated heterocycles. The quantitative estimate of drug-likeness (QED) is 0.744. The van der Waals surface area contributed by atoms with E-state index in [4.69, 9.17) is 4.74 Å². The van der Waals surface area contributed by atoms with Crippen molar-refractivity contribution in [3.63, 3.8) is 0 Å². The largest absolute Gasteiger partial charge is 0.444 e. The third-order valence-corrected chi connectivity index (χ3v) is 2.03. The van der Waals surface area contributed by atoms with Crippen molar-refractivity contribution in [2.45, 2.75) is 52.7 Å². The highest BCUT2D eigenvalue weighted by atomic mass is 16.6. The Kier molecular flexibility index (Phi) is 5.86. The predicted molar refractivity (Wildman–Crippen MR) is 67.4 cm³/mol. The number of ether oxygens (including phenoxy) is 1. The minimum absolute atomic E-state index is 0.0298. The summed E-state index contributed by atoms with van der Waals surface area (Å²) in [6.45, 7) is 13.2. The maximum atomic E-state index is 11.5. The number of carbonyl (C=O) groups excluding carboxylic acids is 1. The molecule has 1 unspecified atom stereocenters. The van der Waals surface area contributed by atoms with Crippen molar-refractivity contribution in [3.05, 3.63) is 24.3 Å². The fraction of sp³-hybridized carbons (Fsp3) is 0.615. The molecule has 1 N–H and O–H groups in total. The standard InChI is InChI=1S/C13H23NO2/c1-7-9-11(8-2)10(3)14-12(15)16-13(4,5)6/h7,9-10H,1,8H2,2-6H3,(H,14,15)/b11-9+. The van der Waals surface area contributed by atoms with Gasteiger partial charge in [0.25, 0.3) is 0 Å². The maximum absolute atomic E-state index is 11.5. The van der Waals surface area contributed by atoms with E-state index in [1.54, 1.807) is 6.08 Å². The molecular formula is C13H23NO2. The summed E-state index contributed by atoms with van der Waals surface area (Å²) in [5.41, 5.74) is 0.666. The van der Waals surface area contributed by atoms with E-state index >= 15 is 0 Å². The Labute approximate surface area is 98.6 Å². The molecule has 0 spiro atoms. The van der Waals surface area contributed by atoms with Crippen LogP contribution < -0.4 is 5.32 Å².